The molecule has 8 atom stereocenters. The standard InChI is InChI=1S/C36H66N12O11S2/c1-16(2)10-21(30(53)44-23(12-26(38)50)32(55)47-25(15-61)35(58)59)43-33(56)24(13-49)46-31(54)22(11-17(3)4)45-34(57)27(18(5)6)48-29(52)20(8-7-9-41-36(39)40)42-28(51)19(37)14-60/h16-25,27,49,60-61H,7-15,37H2,1-6H3,(H2,38,50)(H,42,51)(H,43,56)(H,44,53)(H,45,57)(H,46,54)(H,47,55)(H,48,52)(H,58,59)(H4,39,40,41)/t19-,20-,21-,22-,23-,24-,25-,27-/m0/s1. The Morgan fingerprint density at radius 1 is 0.590 bits per heavy atom. The van der Waals surface area contributed by atoms with Gasteiger partial charge in [0.25, 0.3) is 0 Å². The summed E-state index contributed by atoms with van der Waals surface area (Å²) in [6.07, 6.45) is -0.361. The molecule has 61 heavy (non-hydrogen) atoms. The van der Waals surface area contributed by atoms with Gasteiger partial charge in [-0.1, -0.05) is 41.5 Å². The van der Waals surface area contributed by atoms with Crippen LogP contribution in [-0.2, 0) is 43.2 Å². The number of guanidine groups is 1. The Hall–Kier alpha value is -4.88. The number of amides is 8. The van der Waals surface area contributed by atoms with E-state index in [1.807, 2.05) is 0 Å². The minimum absolute atomic E-state index is 0.0108. The van der Waals surface area contributed by atoms with Gasteiger partial charge in [0.1, 0.15) is 42.3 Å². The summed E-state index contributed by atoms with van der Waals surface area (Å²) in [7, 11) is 0. The molecule has 0 aliphatic carbocycles. The Kier molecular flexibility index (Phi) is 26.3. The number of aliphatic carboxylic acids is 1. The Labute approximate surface area is 366 Å². The van der Waals surface area contributed by atoms with Crippen LogP contribution < -0.4 is 59.7 Å². The van der Waals surface area contributed by atoms with Crippen molar-refractivity contribution in [1.29, 1.82) is 5.41 Å². The first-order valence-electron chi connectivity index (χ1n) is 19.7. The summed E-state index contributed by atoms with van der Waals surface area (Å²) in [6, 6.07) is -10.9. The summed E-state index contributed by atoms with van der Waals surface area (Å²) in [4.78, 5) is 117. The lowest BCUT2D eigenvalue weighted by Gasteiger charge is -2.29. The second kappa shape index (κ2) is 28.6. The number of carbonyl (C=O) groups excluding carboxylic acids is 8. The van der Waals surface area contributed by atoms with Gasteiger partial charge < -0.3 is 69.9 Å². The molecule has 0 spiro atoms. The van der Waals surface area contributed by atoms with Gasteiger partial charge in [-0.05, 0) is 43.4 Å². The van der Waals surface area contributed by atoms with E-state index in [-0.39, 0.29) is 61.5 Å². The van der Waals surface area contributed by atoms with Crippen LogP contribution in [-0.4, -0.2) is 142 Å². The van der Waals surface area contributed by atoms with Gasteiger partial charge in [0.15, 0.2) is 5.96 Å². The molecule has 8 amide bonds. The molecule has 0 aromatic heterocycles. The first kappa shape index (κ1) is 56.1. The Morgan fingerprint density at radius 3 is 1.44 bits per heavy atom. The molecule has 0 heterocycles. The fourth-order valence-electron chi connectivity index (χ4n) is 5.50. The van der Waals surface area contributed by atoms with Gasteiger partial charge >= 0.3 is 5.97 Å². The lowest BCUT2D eigenvalue weighted by atomic mass is 9.99. The normalized spacial score (nSPS) is 15.1. The Bertz CT molecular complexity index is 1540. The maximum Gasteiger partial charge on any atom is 0.327 e. The summed E-state index contributed by atoms with van der Waals surface area (Å²) < 4.78 is 0. The maximum absolute atomic E-state index is 13.7. The van der Waals surface area contributed by atoms with Crippen LogP contribution in [0, 0.1) is 23.2 Å². The van der Waals surface area contributed by atoms with Crippen molar-refractivity contribution in [3.05, 3.63) is 0 Å². The van der Waals surface area contributed by atoms with Crippen molar-refractivity contribution >= 4 is 84.4 Å². The number of primary amides is 1. The molecule has 0 bridgehead atoms. The predicted octanol–water partition coefficient (Wildman–Crippen LogP) is -4.47. The molecule has 0 aromatic carbocycles. The van der Waals surface area contributed by atoms with Crippen LogP contribution in [0.25, 0.3) is 0 Å². The highest BCUT2D eigenvalue weighted by Crippen LogP contribution is 2.11. The van der Waals surface area contributed by atoms with E-state index in [1.165, 1.54) is 0 Å². The summed E-state index contributed by atoms with van der Waals surface area (Å²) in [5.74, 6) is -10.2. The summed E-state index contributed by atoms with van der Waals surface area (Å²) in [5, 5.41) is 46.4. The molecule has 348 valence electrons. The fourth-order valence-corrected chi connectivity index (χ4v) is 5.91. The minimum Gasteiger partial charge on any atom is -0.480 e. The first-order chi connectivity index (χ1) is 28.4. The highest BCUT2D eigenvalue weighted by atomic mass is 32.1. The third-order valence-corrected chi connectivity index (χ3v) is 9.49. The van der Waals surface area contributed by atoms with Crippen LogP contribution in [0.5, 0.6) is 0 Å². The average molecular weight is 907 g/mol. The van der Waals surface area contributed by atoms with Gasteiger partial charge in [0.05, 0.1) is 19.1 Å². The van der Waals surface area contributed by atoms with Crippen molar-refractivity contribution in [2.24, 2.45) is 35.0 Å². The Morgan fingerprint density at radius 2 is 1.02 bits per heavy atom. The van der Waals surface area contributed by atoms with Crippen LogP contribution in [0.4, 0.5) is 0 Å². The molecule has 23 nitrogen and oxygen atoms in total. The maximum atomic E-state index is 13.7. The quantitative estimate of drug-likeness (QED) is 0.0146. The van der Waals surface area contributed by atoms with E-state index in [4.69, 9.17) is 22.6 Å². The zero-order valence-electron chi connectivity index (χ0n) is 35.4. The number of aliphatic hydroxyl groups excluding tert-OH is 1. The number of aliphatic hydroxyl groups is 1. The van der Waals surface area contributed by atoms with E-state index in [0.717, 1.165) is 0 Å². The molecule has 0 saturated carbocycles. The van der Waals surface area contributed by atoms with E-state index in [9.17, 15) is 53.4 Å². The highest BCUT2D eigenvalue weighted by molar-refractivity contribution is 7.80. The fraction of sp³-hybridized carbons (Fsp3) is 0.722. The molecular formula is C36H66N12O11S2. The van der Waals surface area contributed by atoms with Gasteiger partial charge in [0, 0.05) is 18.1 Å². The molecule has 0 radical (unpaired) electrons. The van der Waals surface area contributed by atoms with Crippen molar-refractivity contribution < 1.29 is 53.4 Å². The number of thiol groups is 2. The van der Waals surface area contributed by atoms with Gasteiger partial charge in [0.2, 0.25) is 47.3 Å². The van der Waals surface area contributed by atoms with E-state index in [2.05, 4.69) is 67.8 Å². The van der Waals surface area contributed by atoms with Crippen LogP contribution in [0.3, 0.4) is 0 Å². The van der Waals surface area contributed by atoms with Crippen molar-refractivity contribution in [2.75, 3.05) is 24.7 Å². The number of nitrogens with one attached hydrogen (secondary N) is 9. The van der Waals surface area contributed by atoms with E-state index in [0.29, 0.717) is 0 Å². The number of hydrogen-bond donors (Lipinski definition) is 16. The third-order valence-electron chi connectivity index (χ3n) is 8.73. The first-order valence-corrected chi connectivity index (χ1v) is 20.9. The second-order valence-electron chi connectivity index (χ2n) is 15.5. The van der Waals surface area contributed by atoms with E-state index in [1.54, 1.807) is 41.5 Å². The molecule has 0 fully saturated rings. The van der Waals surface area contributed by atoms with Gasteiger partial charge in [-0.15, -0.1) is 0 Å². The molecule has 0 rings (SSSR count). The zero-order valence-corrected chi connectivity index (χ0v) is 37.2. The van der Waals surface area contributed by atoms with Crippen LogP contribution >= 0.6 is 25.3 Å². The molecule has 0 saturated heterocycles. The molecule has 0 aromatic rings. The summed E-state index contributed by atoms with van der Waals surface area (Å²) in [5.41, 5.74) is 16.4. The van der Waals surface area contributed by atoms with E-state index < -0.39 is 121 Å². The smallest absolute Gasteiger partial charge is 0.327 e. The van der Waals surface area contributed by atoms with Crippen molar-refractivity contribution in [3.63, 3.8) is 0 Å². The SMILES string of the molecule is CC(C)C[C@H](NC(=O)[C@H](CO)NC(=O)[C@H](CC(C)C)NC(=O)[C@@H](NC(=O)[C@H](CCCNC(=N)N)NC(=O)[C@@H](N)CS)C(C)C)C(=O)N[C@@H](CC(N)=O)C(=O)N[C@@H](CS)C(=O)O. The molecule has 0 aliphatic rings. The molecular weight excluding hydrogens is 841 g/mol. The number of nitrogens with two attached hydrogens (primary N) is 3. The van der Waals surface area contributed by atoms with Gasteiger partial charge in [-0.3, -0.25) is 43.8 Å². The third kappa shape index (κ3) is 22.0. The van der Waals surface area contributed by atoms with Gasteiger partial charge in [-0.2, -0.15) is 25.3 Å². The van der Waals surface area contributed by atoms with Crippen molar-refractivity contribution in [3.8, 4) is 0 Å². The van der Waals surface area contributed by atoms with Crippen LogP contribution in [0.2, 0.25) is 0 Å². The lowest BCUT2D eigenvalue weighted by molar-refractivity contribution is -0.142. The Balaban J connectivity index is 6.22. The highest BCUT2D eigenvalue weighted by Gasteiger charge is 2.35. The topological polar surface area (TPSA) is 392 Å². The van der Waals surface area contributed by atoms with Gasteiger partial charge in [-0.25, -0.2) is 4.79 Å². The zero-order chi connectivity index (χ0) is 47.1. The average Bonchev–Trinajstić information content (AvgIpc) is 3.16. The van der Waals surface area contributed by atoms with Crippen molar-refractivity contribution in [2.45, 2.75) is 122 Å². The second-order valence-corrected chi connectivity index (χ2v) is 16.2. The number of carboxylic acids is 1. The number of carboxylic acid groups (broad SMARTS) is 1. The monoisotopic (exact) mass is 906 g/mol. The van der Waals surface area contributed by atoms with Crippen LogP contribution in [0.15, 0.2) is 0 Å². The summed E-state index contributed by atoms with van der Waals surface area (Å²) >= 11 is 7.90. The molecule has 25 heteroatoms. The number of rotatable bonds is 29. The van der Waals surface area contributed by atoms with Crippen LogP contribution in [0.1, 0.15) is 73.6 Å². The lowest BCUT2D eigenvalue weighted by Crippen LogP contribution is -2.61. The minimum atomic E-state index is -1.66. The molecule has 17 N–H and O–H groups in total. The molecule has 0 unspecified atom stereocenters. The number of hydrogen-bond acceptors (Lipinski definition) is 14. The van der Waals surface area contributed by atoms with E-state index >= 15 is 0 Å². The number of carbonyl (C=O) groups is 9. The summed E-state index contributed by atoms with van der Waals surface area (Å²) in [6.45, 7) is 9.46. The van der Waals surface area contributed by atoms with Crippen molar-refractivity contribution in [1.82, 2.24) is 42.5 Å². The molecule has 0 aliphatic heterocycles. The predicted molar refractivity (Wildman–Crippen MR) is 231 cm³/mol. The largest absolute Gasteiger partial charge is 0.480 e.